The Bertz CT molecular complexity index is 988. The van der Waals surface area contributed by atoms with E-state index in [1.807, 2.05) is 38.1 Å². The summed E-state index contributed by atoms with van der Waals surface area (Å²) in [5, 5.41) is 13.5. The molecule has 0 unspecified atom stereocenters. The Hall–Kier alpha value is -3.42. The average molecular weight is 367 g/mol. The molecule has 2 N–H and O–H groups in total. The number of carbonyl (C=O) groups is 1. The smallest absolute Gasteiger partial charge is 0.264 e. The highest BCUT2D eigenvalue weighted by molar-refractivity contribution is 5.95. The Morgan fingerprint density at radius 3 is 2.85 bits per heavy atom. The maximum absolute atomic E-state index is 12.7. The van der Waals surface area contributed by atoms with Gasteiger partial charge in [-0.25, -0.2) is 9.78 Å². The molecule has 140 valence electrons. The fourth-order valence-electron chi connectivity index (χ4n) is 2.72. The number of hydrogen-bond acceptors (Lipinski definition) is 5. The van der Waals surface area contributed by atoms with Crippen molar-refractivity contribution in [2.75, 3.05) is 6.61 Å². The molecule has 2 aromatic heterocycles. The molecule has 8 nitrogen and oxygen atoms in total. The van der Waals surface area contributed by atoms with E-state index < -0.39 is 0 Å². The predicted octanol–water partition coefficient (Wildman–Crippen LogP) is 2.15. The number of aromatic nitrogens is 4. The fourth-order valence-corrected chi connectivity index (χ4v) is 2.72. The van der Waals surface area contributed by atoms with Crippen molar-refractivity contribution in [2.45, 2.75) is 26.8 Å². The number of ether oxygens (including phenoxy) is 1. The van der Waals surface area contributed by atoms with Crippen LogP contribution in [-0.4, -0.2) is 32.5 Å². The van der Waals surface area contributed by atoms with Crippen molar-refractivity contribution in [2.24, 2.45) is 0 Å². The van der Waals surface area contributed by atoms with Crippen molar-refractivity contribution in [1.82, 2.24) is 25.3 Å². The largest absolute Gasteiger partial charge is 0.494 e. The monoisotopic (exact) mass is 367 g/mol. The van der Waals surface area contributed by atoms with Crippen LogP contribution in [0, 0.1) is 6.92 Å². The first-order chi connectivity index (χ1) is 13.0. The zero-order valence-electron chi connectivity index (χ0n) is 15.4. The van der Waals surface area contributed by atoms with Crippen molar-refractivity contribution in [3.63, 3.8) is 0 Å². The third-order valence-electron chi connectivity index (χ3n) is 4.15. The van der Waals surface area contributed by atoms with Gasteiger partial charge in [0.05, 0.1) is 30.1 Å². The van der Waals surface area contributed by atoms with Crippen molar-refractivity contribution in [3.8, 4) is 11.6 Å². The number of nitrogens with zero attached hydrogens (tertiary/aromatic N) is 3. The summed E-state index contributed by atoms with van der Waals surface area (Å²) in [6, 6.07) is 10.3. The van der Waals surface area contributed by atoms with Crippen LogP contribution in [0.25, 0.3) is 5.82 Å². The van der Waals surface area contributed by atoms with Gasteiger partial charge in [0.2, 0.25) is 0 Å². The third-order valence-corrected chi connectivity index (χ3v) is 4.15. The molecule has 0 spiro atoms. The van der Waals surface area contributed by atoms with E-state index >= 15 is 0 Å². The second kappa shape index (κ2) is 7.86. The second-order valence-electron chi connectivity index (χ2n) is 6.04. The summed E-state index contributed by atoms with van der Waals surface area (Å²) in [6.45, 7) is 6.19. The van der Waals surface area contributed by atoms with Gasteiger partial charge in [0.25, 0.3) is 11.5 Å². The quantitative estimate of drug-likeness (QED) is 0.695. The van der Waals surface area contributed by atoms with E-state index in [0.717, 1.165) is 11.3 Å². The molecule has 0 radical (unpaired) electrons. The van der Waals surface area contributed by atoms with Crippen LogP contribution < -0.4 is 15.6 Å². The number of nitrogens with one attached hydrogen (secondary N) is 2. The molecule has 3 rings (SSSR count). The molecule has 0 saturated heterocycles. The Labute approximate surface area is 156 Å². The van der Waals surface area contributed by atoms with E-state index in [1.165, 1.54) is 16.9 Å². The maximum atomic E-state index is 12.7. The van der Waals surface area contributed by atoms with Gasteiger partial charge in [-0.2, -0.15) is 10.2 Å². The first-order valence-electron chi connectivity index (χ1n) is 8.64. The van der Waals surface area contributed by atoms with E-state index in [2.05, 4.69) is 20.6 Å². The number of benzene rings is 1. The van der Waals surface area contributed by atoms with E-state index in [9.17, 15) is 9.59 Å². The highest BCUT2D eigenvalue weighted by Gasteiger charge is 2.18. The van der Waals surface area contributed by atoms with Gasteiger partial charge in [-0.3, -0.25) is 9.59 Å². The molecule has 0 aliphatic carbocycles. The number of rotatable bonds is 6. The number of H-pyrrole nitrogens is 1. The number of aromatic amines is 1. The predicted molar refractivity (Wildman–Crippen MR) is 100 cm³/mol. The molecule has 27 heavy (non-hydrogen) atoms. The van der Waals surface area contributed by atoms with Gasteiger partial charge < -0.3 is 10.1 Å². The molecule has 0 aliphatic heterocycles. The zero-order valence-corrected chi connectivity index (χ0v) is 15.4. The van der Waals surface area contributed by atoms with Crippen molar-refractivity contribution in [3.05, 3.63) is 69.8 Å². The van der Waals surface area contributed by atoms with E-state index in [4.69, 9.17) is 4.74 Å². The Morgan fingerprint density at radius 1 is 1.33 bits per heavy atom. The van der Waals surface area contributed by atoms with Gasteiger partial charge >= 0.3 is 0 Å². The Kier molecular flexibility index (Phi) is 5.35. The maximum Gasteiger partial charge on any atom is 0.264 e. The van der Waals surface area contributed by atoms with Gasteiger partial charge in [0.15, 0.2) is 5.82 Å². The summed E-state index contributed by atoms with van der Waals surface area (Å²) < 4.78 is 7.01. The highest BCUT2D eigenvalue weighted by Crippen LogP contribution is 2.20. The standard InChI is InChI=1S/C19H21N5O3/c1-4-27-15-7-5-6-14(10-15)12(2)21-19(26)16-11-20-24(13(16)3)17-8-9-18(25)23-22-17/h5-12H,4H2,1-3H3,(H,21,26)(H,23,25)/t12-/m1/s1. The van der Waals surface area contributed by atoms with Gasteiger partial charge in [0.1, 0.15) is 5.75 Å². The minimum absolute atomic E-state index is 0.202. The fraction of sp³-hybridized carbons (Fsp3) is 0.263. The molecule has 1 atom stereocenters. The van der Waals surface area contributed by atoms with Crippen molar-refractivity contribution < 1.29 is 9.53 Å². The molecule has 0 saturated carbocycles. The van der Waals surface area contributed by atoms with Gasteiger partial charge in [-0.1, -0.05) is 12.1 Å². The summed E-state index contributed by atoms with van der Waals surface area (Å²) in [5.41, 5.74) is 1.71. The van der Waals surface area contributed by atoms with Crippen molar-refractivity contribution in [1.29, 1.82) is 0 Å². The second-order valence-corrected chi connectivity index (χ2v) is 6.04. The Balaban J connectivity index is 1.77. The van der Waals surface area contributed by atoms with Gasteiger partial charge in [-0.15, -0.1) is 0 Å². The molecule has 3 aromatic rings. The van der Waals surface area contributed by atoms with Crippen LogP contribution in [0.3, 0.4) is 0 Å². The van der Waals surface area contributed by atoms with Crippen LogP contribution in [0.4, 0.5) is 0 Å². The zero-order chi connectivity index (χ0) is 19.4. The van der Waals surface area contributed by atoms with Gasteiger partial charge in [0, 0.05) is 6.07 Å². The van der Waals surface area contributed by atoms with Crippen LogP contribution >= 0.6 is 0 Å². The number of amides is 1. The van der Waals surface area contributed by atoms with Gasteiger partial charge in [-0.05, 0) is 44.5 Å². The molecule has 2 heterocycles. The SMILES string of the molecule is CCOc1cccc([C@@H](C)NC(=O)c2cnn(-c3ccc(=O)[nH]n3)c2C)c1. The number of carbonyl (C=O) groups excluding carboxylic acids is 1. The molecule has 1 amide bonds. The van der Waals surface area contributed by atoms with E-state index in [1.54, 1.807) is 13.0 Å². The van der Waals surface area contributed by atoms with Crippen LogP contribution in [0.1, 0.15) is 41.5 Å². The summed E-state index contributed by atoms with van der Waals surface area (Å²) in [6.07, 6.45) is 1.49. The number of hydrogen-bond donors (Lipinski definition) is 2. The van der Waals surface area contributed by atoms with Crippen molar-refractivity contribution >= 4 is 5.91 Å². The van der Waals surface area contributed by atoms with E-state index in [-0.39, 0.29) is 17.5 Å². The molecule has 8 heteroatoms. The van der Waals surface area contributed by atoms with Crippen LogP contribution in [0.15, 0.2) is 47.4 Å². The van der Waals surface area contributed by atoms with E-state index in [0.29, 0.717) is 23.7 Å². The summed E-state index contributed by atoms with van der Waals surface area (Å²) in [4.78, 5) is 23.8. The summed E-state index contributed by atoms with van der Waals surface area (Å²) in [7, 11) is 0. The molecule has 0 fully saturated rings. The topological polar surface area (TPSA) is 102 Å². The lowest BCUT2D eigenvalue weighted by Crippen LogP contribution is -2.27. The molecular formula is C19H21N5O3. The molecule has 0 bridgehead atoms. The van der Waals surface area contributed by atoms with Crippen LogP contribution in [0.2, 0.25) is 0 Å². The summed E-state index contributed by atoms with van der Waals surface area (Å²) >= 11 is 0. The summed E-state index contributed by atoms with van der Waals surface area (Å²) in [5.74, 6) is 0.963. The lowest BCUT2D eigenvalue weighted by atomic mass is 10.1. The molecule has 1 aromatic carbocycles. The molecule has 0 aliphatic rings. The van der Waals surface area contributed by atoms with Crippen LogP contribution in [0.5, 0.6) is 5.75 Å². The minimum atomic E-state index is -0.301. The Morgan fingerprint density at radius 2 is 2.15 bits per heavy atom. The lowest BCUT2D eigenvalue weighted by Gasteiger charge is -2.15. The van der Waals surface area contributed by atoms with Crippen LogP contribution in [-0.2, 0) is 0 Å². The average Bonchev–Trinajstić information content (AvgIpc) is 3.04. The normalized spacial score (nSPS) is 11.8. The first-order valence-corrected chi connectivity index (χ1v) is 8.64. The third kappa shape index (κ3) is 4.05. The first kappa shape index (κ1) is 18.4. The lowest BCUT2D eigenvalue weighted by molar-refractivity contribution is 0.0939. The highest BCUT2D eigenvalue weighted by atomic mass is 16.5. The minimum Gasteiger partial charge on any atom is -0.494 e. The molecular weight excluding hydrogens is 346 g/mol.